The summed E-state index contributed by atoms with van der Waals surface area (Å²) in [6.45, 7) is 0.701. The molecule has 0 radical (unpaired) electrons. The van der Waals surface area contributed by atoms with E-state index < -0.39 is 5.72 Å². The van der Waals surface area contributed by atoms with Crippen LogP contribution in [0, 0.1) is 10.1 Å². The first-order valence-electron chi connectivity index (χ1n) is 8.22. The highest BCUT2D eigenvalue weighted by Crippen LogP contribution is 2.41. The van der Waals surface area contributed by atoms with Crippen LogP contribution in [0.2, 0.25) is 0 Å². The zero-order valence-corrected chi connectivity index (χ0v) is 13.2. The molecule has 2 N–H and O–H groups in total. The molecule has 1 atom stereocenters. The maximum Gasteiger partial charge on any atom is 0.270 e. The van der Waals surface area contributed by atoms with Gasteiger partial charge in [0.15, 0.2) is 5.76 Å². The zero-order valence-electron chi connectivity index (χ0n) is 13.2. The molecule has 0 spiro atoms. The quantitative estimate of drug-likeness (QED) is 0.691. The first-order valence-corrected chi connectivity index (χ1v) is 8.22. The van der Waals surface area contributed by atoms with Crippen LogP contribution in [0.15, 0.2) is 46.6 Å². The predicted octanol–water partition coefficient (Wildman–Crippen LogP) is 3.00. The van der Waals surface area contributed by atoms with Crippen molar-refractivity contribution >= 4 is 11.8 Å². The van der Waals surface area contributed by atoms with Gasteiger partial charge in [-0.05, 0) is 43.5 Å². The SMILES string of the molecule is O=[N+]([O-])c1ccc2c(c1)C=C1CCCCC1([NH2+]Cc1ccco1)O2. The van der Waals surface area contributed by atoms with E-state index in [-0.39, 0.29) is 10.6 Å². The molecule has 1 aromatic heterocycles. The Balaban J connectivity index is 1.66. The molecule has 24 heavy (non-hydrogen) atoms. The lowest BCUT2D eigenvalue weighted by Crippen LogP contribution is -2.98. The molecule has 1 aromatic carbocycles. The van der Waals surface area contributed by atoms with Gasteiger partial charge in [0.1, 0.15) is 12.3 Å². The first-order chi connectivity index (χ1) is 11.7. The van der Waals surface area contributed by atoms with Gasteiger partial charge in [-0.2, -0.15) is 0 Å². The number of fused-ring (bicyclic) bond motifs is 2. The number of furan rings is 1. The highest BCUT2D eigenvalue weighted by atomic mass is 16.6. The molecule has 4 rings (SSSR count). The van der Waals surface area contributed by atoms with Crippen LogP contribution in [0.3, 0.4) is 0 Å². The third-order valence-electron chi connectivity index (χ3n) is 4.83. The number of ether oxygens (including phenoxy) is 1. The normalized spacial score (nSPS) is 22.1. The average molecular weight is 327 g/mol. The monoisotopic (exact) mass is 327 g/mol. The fourth-order valence-corrected chi connectivity index (χ4v) is 3.59. The van der Waals surface area contributed by atoms with Gasteiger partial charge in [0.25, 0.3) is 11.4 Å². The molecule has 1 unspecified atom stereocenters. The molecule has 1 fully saturated rings. The fraction of sp³-hybridized carbons (Fsp3) is 0.333. The van der Waals surface area contributed by atoms with E-state index in [4.69, 9.17) is 9.15 Å². The maximum atomic E-state index is 11.0. The maximum absolute atomic E-state index is 11.0. The molecule has 0 saturated heterocycles. The van der Waals surface area contributed by atoms with Gasteiger partial charge in [-0.3, -0.25) is 15.4 Å². The Morgan fingerprint density at radius 2 is 2.21 bits per heavy atom. The second kappa shape index (κ2) is 5.79. The summed E-state index contributed by atoms with van der Waals surface area (Å²) in [6.07, 6.45) is 7.86. The van der Waals surface area contributed by atoms with E-state index in [0.717, 1.165) is 37.0 Å². The predicted molar refractivity (Wildman–Crippen MR) is 87.2 cm³/mol. The van der Waals surface area contributed by atoms with Crippen molar-refractivity contribution < 1.29 is 19.4 Å². The van der Waals surface area contributed by atoms with Crippen molar-refractivity contribution in [1.82, 2.24) is 0 Å². The van der Waals surface area contributed by atoms with E-state index >= 15 is 0 Å². The van der Waals surface area contributed by atoms with Crippen molar-refractivity contribution in [3.8, 4) is 5.75 Å². The van der Waals surface area contributed by atoms with Crippen LogP contribution < -0.4 is 10.1 Å². The summed E-state index contributed by atoms with van der Waals surface area (Å²) in [5.41, 5.74) is 1.67. The molecule has 1 aliphatic carbocycles. The molecule has 6 heteroatoms. The molecule has 0 amide bonds. The first kappa shape index (κ1) is 15.0. The highest BCUT2D eigenvalue weighted by molar-refractivity contribution is 5.66. The minimum absolute atomic E-state index is 0.0945. The van der Waals surface area contributed by atoms with E-state index in [2.05, 4.69) is 11.4 Å². The van der Waals surface area contributed by atoms with E-state index in [0.29, 0.717) is 12.3 Å². The summed E-state index contributed by atoms with van der Waals surface area (Å²) < 4.78 is 11.8. The van der Waals surface area contributed by atoms with E-state index in [1.807, 2.05) is 12.1 Å². The largest absolute Gasteiger partial charge is 0.463 e. The Hall–Kier alpha value is -2.60. The van der Waals surface area contributed by atoms with Crippen molar-refractivity contribution in [3.05, 3.63) is 63.6 Å². The molecular weight excluding hydrogens is 308 g/mol. The number of nitro groups is 1. The summed E-state index contributed by atoms with van der Waals surface area (Å²) in [7, 11) is 0. The Kier molecular flexibility index (Phi) is 3.61. The zero-order chi connectivity index (χ0) is 16.6. The van der Waals surface area contributed by atoms with Gasteiger partial charge in [0, 0.05) is 29.7 Å². The van der Waals surface area contributed by atoms with Crippen LogP contribution in [0.25, 0.3) is 6.08 Å². The number of nitrogens with two attached hydrogens (primary N) is 1. The summed E-state index contributed by atoms with van der Waals surface area (Å²) in [5, 5.41) is 13.2. The van der Waals surface area contributed by atoms with Gasteiger partial charge >= 0.3 is 0 Å². The molecule has 124 valence electrons. The second-order valence-electron chi connectivity index (χ2n) is 6.34. The van der Waals surface area contributed by atoms with Crippen LogP contribution >= 0.6 is 0 Å². The lowest BCUT2D eigenvalue weighted by Gasteiger charge is -2.39. The summed E-state index contributed by atoms with van der Waals surface area (Å²) in [4.78, 5) is 10.6. The van der Waals surface area contributed by atoms with E-state index in [1.54, 1.807) is 18.4 Å². The van der Waals surface area contributed by atoms with Gasteiger partial charge in [-0.25, -0.2) is 0 Å². The number of rotatable bonds is 4. The number of hydrogen-bond donors (Lipinski definition) is 1. The third-order valence-corrected chi connectivity index (χ3v) is 4.83. The number of non-ortho nitro benzene ring substituents is 1. The Bertz CT molecular complexity index is 797. The minimum atomic E-state index is -0.422. The minimum Gasteiger partial charge on any atom is -0.463 e. The van der Waals surface area contributed by atoms with Gasteiger partial charge in [0.05, 0.1) is 11.2 Å². The van der Waals surface area contributed by atoms with Crippen LogP contribution in [0.5, 0.6) is 5.75 Å². The van der Waals surface area contributed by atoms with Crippen molar-refractivity contribution in [1.29, 1.82) is 0 Å². The Morgan fingerprint density at radius 3 is 3.00 bits per heavy atom. The summed E-state index contributed by atoms with van der Waals surface area (Å²) >= 11 is 0. The van der Waals surface area contributed by atoms with Crippen LogP contribution in [-0.2, 0) is 6.54 Å². The van der Waals surface area contributed by atoms with Crippen LogP contribution in [0.4, 0.5) is 5.69 Å². The Labute approximate surface area is 139 Å². The molecule has 6 nitrogen and oxygen atoms in total. The second-order valence-corrected chi connectivity index (χ2v) is 6.34. The van der Waals surface area contributed by atoms with Crippen molar-refractivity contribution in [3.63, 3.8) is 0 Å². The molecule has 2 aliphatic rings. The number of hydrogen-bond acceptors (Lipinski definition) is 4. The standard InChI is InChI=1S/C18H18N2O4/c21-20(22)15-6-7-17-13(11-15)10-14-4-1-2-8-18(14,24-17)19-12-16-5-3-9-23-16/h3,5-7,9-11,19H,1-2,4,8,12H2/p+1. The molecule has 2 aromatic rings. The van der Waals surface area contributed by atoms with Crippen molar-refractivity contribution in [2.24, 2.45) is 0 Å². The smallest absolute Gasteiger partial charge is 0.270 e. The molecule has 1 saturated carbocycles. The topological polar surface area (TPSA) is 82.1 Å². The number of nitro benzene ring substituents is 1. The average Bonchev–Trinajstić information content (AvgIpc) is 3.11. The van der Waals surface area contributed by atoms with Gasteiger partial charge in [-0.15, -0.1) is 0 Å². The summed E-state index contributed by atoms with van der Waals surface area (Å²) in [5.74, 6) is 1.62. The molecule has 1 aliphatic heterocycles. The highest BCUT2D eigenvalue weighted by Gasteiger charge is 2.45. The number of nitrogens with zero attached hydrogens (tertiary/aromatic N) is 1. The van der Waals surface area contributed by atoms with Gasteiger partial charge in [0.2, 0.25) is 0 Å². The number of benzene rings is 1. The van der Waals surface area contributed by atoms with Gasteiger partial charge < -0.3 is 9.15 Å². The van der Waals surface area contributed by atoms with Crippen LogP contribution in [0.1, 0.15) is 37.0 Å². The lowest BCUT2D eigenvalue weighted by molar-refractivity contribution is -0.767. The number of quaternary nitrogens is 1. The van der Waals surface area contributed by atoms with E-state index in [1.165, 1.54) is 11.6 Å². The van der Waals surface area contributed by atoms with Crippen LogP contribution in [-0.4, -0.2) is 10.6 Å². The van der Waals surface area contributed by atoms with Crippen molar-refractivity contribution in [2.75, 3.05) is 0 Å². The molecule has 0 bridgehead atoms. The summed E-state index contributed by atoms with van der Waals surface area (Å²) in [6, 6.07) is 8.64. The fourth-order valence-electron chi connectivity index (χ4n) is 3.59. The molecule has 2 heterocycles. The lowest BCUT2D eigenvalue weighted by atomic mass is 9.83. The Morgan fingerprint density at radius 1 is 1.29 bits per heavy atom. The molecular formula is C18H19N2O4+. The van der Waals surface area contributed by atoms with Crippen molar-refractivity contribution in [2.45, 2.75) is 38.0 Å². The third kappa shape index (κ3) is 2.59. The van der Waals surface area contributed by atoms with Gasteiger partial charge in [-0.1, -0.05) is 0 Å². The van der Waals surface area contributed by atoms with E-state index in [9.17, 15) is 10.1 Å².